The van der Waals surface area contributed by atoms with Gasteiger partial charge in [-0.1, -0.05) is 13.8 Å². The van der Waals surface area contributed by atoms with Gasteiger partial charge in [0.2, 0.25) is 0 Å². The number of pyridine rings is 1. The molecule has 0 unspecified atom stereocenters. The maximum atomic E-state index is 12.0. The summed E-state index contributed by atoms with van der Waals surface area (Å²) >= 11 is 0. The Balaban J connectivity index is 2.85. The Morgan fingerprint density at radius 1 is 1.43 bits per heavy atom. The maximum Gasteiger partial charge on any atom is 0.169 e. The van der Waals surface area contributed by atoms with Crippen LogP contribution in [-0.2, 0) is 0 Å². The van der Waals surface area contributed by atoms with Crippen LogP contribution in [0.4, 0.5) is 0 Å². The molecule has 0 spiro atoms. The van der Waals surface area contributed by atoms with Gasteiger partial charge in [-0.2, -0.15) is 0 Å². The second-order valence-corrected chi connectivity index (χ2v) is 3.98. The number of Topliss-reactive ketones (excluding diaryl/α,β-unsaturated/α-hetero) is 1. The minimum atomic E-state index is -0.365. The summed E-state index contributed by atoms with van der Waals surface area (Å²) in [7, 11) is 1.85. The highest BCUT2D eigenvalue weighted by Crippen LogP contribution is 2.20. The largest absolute Gasteiger partial charge is 0.319 e. The minimum absolute atomic E-state index is 0.147. The number of aromatic nitrogens is 1. The summed E-state index contributed by atoms with van der Waals surface area (Å²) in [5, 5.41) is 3.02. The van der Waals surface area contributed by atoms with Crippen LogP contribution in [0.5, 0.6) is 0 Å². The predicted molar refractivity (Wildman–Crippen MR) is 56.3 cm³/mol. The zero-order valence-electron chi connectivity index (χ0n) is 8.87. The molecule has 0 aromatic carbocycles. The standard InChI is InChI=1S/C11H16N2O/c1-11(2,8-12-3)10(14)9-4-6-13-7-5-9/h4-7,12H,8H2,1-3H3. The summed E-state index contributed by atoms with van der Waals surface area (Å²) in [5.74, 6) is 0.147. The van der Waals surface area contributed by atoms with Gasteiger partial charge in [0.05, 0.1) is 0 Å². The summed E-state index contributed by atoms with van der Waals surface area (Å²) < 4.78 is 0. The highest BCUT2D eigenvalue weighted by molar-refractivity contribution is 6.00. The van der Waals surface area contributed by atoms with Crippen molar-refractivity contribution in [3.8, 4) is 0 Å². The third-order valence-electron chi connectivity index (χ3n) is 2.18. The topological polar surface area (TPSA) is 42.0 Å². The van der Waals surface area contributed by atoms with Crippen LogP contribution in [-0.4, -0.2) is 24.4 Å². The molecule has 0 saturated carbocycles. The van der Waals surface area contributed by atoms with E-state index in [9.17, 15) is 4.79 Å². The lowest BCUT2D eigenvalue weighted by molar-refractivity contribution is 0.0839. The average molecular weight is 192 g/mol. The molecule has 0 saturated heterocycles. The normalized spacial score (nSPS) is 11.4. The number of carbonyl (C=O) groups is 1. The molecular formula is C11H16N2O. The van der Waals surface area contributed by atoms with E-state index < -0.39 is 0 Å². The molecule has 3 heteroatoms. The number of ketones is 1. The van der Waals surface area contributed by atoms with Gasteiger partial charge in [-0.25, -0.2) is 0 Å². The van der Waals surface area contributed by atoms with Crippen molar-refractivity contribution in [3.05, 3.63) is 30.1 Å². The summed E-state index contributed by atoms with van der Waals surface area (Å²) in [4.78, 5) is 15.9. The molecule has 0 amide bonds. The fourth-order valence-electron chi connectivity index (χ4n) is 1.42. The summed E-state index contributed by atoms with van der Waals surface area (Å²) in [6.45, 7) is 4.55. The Labute approximate surface area is 84.6 Å². The predicted octanol–water partition coefficient (Wildman–Crippen LogP) is 1.51. The number of nitrogens with one attached hydrogen (secondary N) is 1. The molecule has 3 nitrogen and oxygen atoms in total. The van der Waals surface area contributed by atoms with Gasteiger partial charge in [-0.05, 0) is 19.2 Å². The van der Waals surface area contributed by atoms with Crippen LogP contribution in [0.25, 0.3) is 0 Å². The second-order valence-electron chi connectivity index (χ2n) is 3.98. The molecule has 0 atom stereocenters. The minimum Gasteiger partial charge on any atom is -0.319 e. The Hall–Kier alpha value is -1.22. The van der Waals surface area contributed by atoms with Crippen molar-refractivity contribution in [2.24, 2.45) is 5.41 Å². The first-order valence-electron chi connectivity index (χ1n) is 4.67. The number of hydrogen-bond donors (Lipinski definition) is 1. The van der Waals surface area contributed by atoms with E-state index >= 15 is 0 Å². The van der Waals surface area contributed by atoms with Gasteiger partial charge in [0.15, 0.2) is 5.78 Å². The van der Waals surface area contributed by atoms with Crippen molar-refractivity contribution in [1.82, 2.24) is 10.3 Å². The van der Waals surface area contributed by atoms with E-state index in [0.29, 0.717) is 6.54 Å². The first-order chi connectivity index (χ1) is 6.58. The number of carbonyl (C=O) groups excluding carboxylic acids is 1. The fraction of sp³-hybridized carbons (Fsp3) is 0.455. The van der Waals surface area contributed by atoms with Gasteiger partial charge in [-0.15, -0.1) is 0 Å². The van der Waals surface area contributed by atoms with Gasteiger partial charge in [0.25, 0.3) is 0 Å². The Kier molecular flexibility index (Phi) is 3.36. The van der Waals surface area contributed by atoms with Crippen molar-refractivity contribution in [2.45, 2.75) is 13.8 Å². The first-order valence-corrected chi connectivity index (χ1v) is 4.67. The SMILES string of the molecule is CNCC(C)(C)C(=O)c1ccncc1. The lowest BCUT2D eigenvalue weighted by Crippen LogP contribution is -2.34. The molecule has 1 aromatic heterocycles. The molecule has 1 N–H and O–H groups in total. The van der Waals surface area contributed by atoms with Crippen molar-refractivity contribution in [3.63, 3.8) is 0 Å². The summed E-state index contributed by atoms with van der Waals surface area (Å²) in [5.41, 5.74) is 0.357. The zero-order chi connectivity index (χ0) is 10.6. The van der Waals surface area contributed by atoms with Gasteiger partial charge in [-0.3, -0.25) is 9.78 Å². The molecule has 1 rings (SSSR count). The van der Waals surface area contributed by atoms with Crippen LogP contribution in [0.15, 0.2) is 24.5 Å². The van der Waals surface area contributed by atoms with Gasteiger partial charge >= 0.3 is 0 Å². The first kappa shape index (κ1) is 10.9. The number of hydrogen-bond acceptors (Lipinski definition) is 3. The highest BCUT2D eigenvalue weighted by atomic mass is 16.1. The monoisotopic (exact) mass is 192 g/mol. The number of rotatable bonds is 4. The Morgan fingerprint density at radius 3 is 2.50 bits per heavy atom. The zero-order valence-corrected chi connectivity index (χ0v) is 8.87. The highest BCUT2D eigenvalue weighted by Gasteiger charge is 2.27. The Morgan fingerprint density at radius 2 is 2.00 bits per heavy atom. The van der Waals surface area contributed by atoms with E-state index in [1.807, 2.05) is 20.9 Å². The molecule has 14 heavy (non-hydrogen) atoms. The van der Waals surface area contributed by atoms with Crippen LogP contribution in [0.2, 0.25) is 0 Å². The molecule has 0 aliphatic heterocycles. The van der Waals surface area contributed by atoms with Crippen molar-refractivity contribution in [2.75, 3.05) is 13.6 Å². The van der Waals surface area contributed by atoms with Crippen molar-refractivity contribution in [1.29, 1.82) is 0 Å². The van der Waals surface area contributed by atoms with E-state index in [1.165, 1.54) is 0 Å². The van der Waals surface area contributed by atoms with Gasteiger partial charge in [0.1, 0.15) is 0 Å². The third-order valence-corrected chi connectivity index (χ3v) is 2.18. The van der Waals surface area contributed by atoms with E-state index in [1.54, 1.807) is 24.5 Å². The van der Waals surface area contributed by atoms with Crippen molar-refractivity contribution < 1.29 is 4.79 Å². The fourth-order valence-corrected chi connectivity index (χ4v) is 1.42. The molecule has 0 radical (unpaired) electrons. The summed E-state index contributed by atoms with van der Waals surface area (Å²) in [6.07, 6.45) is 3.28. The van der Waals surface area contributed by atoms with Crippen LogP contribution < -0.4 is 5.32 Å². The van der Waals surface area contributed by atoms with Crippen LogP contribution in [0, 0.1) is 5.41 Å². The smallest absolute Gasteiger partial charge is 0.169 e. The molecule has 0 bridgehead atoms. The van der Waals surface area contributed by atoms with E-state index in [0.717, 1.165) is 5.56 Å². The molecular weight excluding hydrogens is 176 g/mol. The van der Waals surface area contributed by atoms with Crippen molar-refractivity contribution >= 4 is 5.78 Å². The van der Waals surface area contributed by atoms with E-state index in [-0.39, 0.29) is 11.2 Å². The molecule has 1 aromatic rings. The van der Waals surface area contributed by atoms with E-state index in [2.05, 4.69) is 10.3 Å². The molecule has 0 aliphatic carbocycles. The average Bonchev–Trinajstić information content (AvgIpc) is 2.18. The second kappa shape index (κ2) is 4.33. The third kappa shape index (κ3) is 2.39. The lowest BCUT2D eigenvalue weighted by atomic mass is 9.84. The van der Waals surface area contributed by atoms with Crippen LogP contribution in [0.3, 0.4) is 0 Å². The summed E-state index contributed by atoms with van der Waals surface area (Å²) in [6, 6.07) is 3.50. The van der Waals surface area contributed by atoms with Crippen LogP contribution >= 0.6 is 0 Å². The molecule has 0 fully saturated rings. The van der Waals surface area contributed by atoms with Crippen LogP contribution in [0.1, 0.15) is 24.2 Å². The van der Waals surface area contributed by atoms with E-state index in [4.69, 9.17) is 0 Å². The quantitative estimate of drug-likeness (QED) is 0.735. The van der Waals surface area contributed by atoms with Gasteiger partial charge < -0.3 is 5.32 Å². The molecule has 1 heterocycles. The Bertz CT molecular complexity index is 306. The lowest BCUT2D eigenvalue weighted by Gasteiger charge is -2.22. The molecule has 76 valence electrons. The maximum absolute atomic E-state index is 12.0. The van der Waals surface area contributed by atoms with Gasteiger partial charge in [0, 0.05) is 29.9 Å². The molecule has 0 aliphatic rings. The number of nitrogens with zero attached hydrogens (tertiary/aromatic N) is 1.